The van der Waals surface area contributed by atoms with Gasteiger partial charge in [0.05, 0.1) is 6.26 Å². The highest BCUT2D eigenvalue weighted by Gasteiger charge is 2.04. The minimum Gasteiger partial charge on any atom is -0.469 e. The van der Waals surface area contributed by atoms with Gasteiger partial charge in [0, 0.05) is 25.1 Å². The molecule has 2 aromatic rings. The Hall–Kier alpha value is -2.07. The summed E-state index contributed by atoms with van der Waals surface area (Å²) in [4.78, 5) is 11.1. The van der Waals surface area contributed by atoms with Crippen LogP contribution in [0.1, 0.15) is 27.2 Å². The number of benzene rings is 1. The van der Waals surface area contributed by atoms with Gasteiger partial charge in [-0.1, -0.05) is 6.07 Å². The lowest BCUT2D eigenvalue weighted by atomic mass is 10.0. The fraction of sp³-hybridized carbons (Fsp3) is 0.267. The number of rotatable bonds is 6. The van der Waals surface area contributed by atoms with Crippen LogP contribution in [0.5, 0.6) is 0 Å². The average Bonchev–Trinajstić information content (AvgIpc) is 2.89. The molecule has 0 aliphatic heterocycles. The summed E-state index contributed by atoms with van der Waals surface area (Å²) in [7, 11) is 0. The van der Waals surface area contributed by atoms with E-state index < -0.39 is 0 Å². The van der Waals surface area contributed by atoms with Crippen molar-refractivity contribution >= 4 is 5.91 Å². The zero-order chi connectivity index (χ0) is 13.7. The van der Waals surface area contributed by atoms with Crippen LogP contribution in [0.15, 0.2) is 41.0 Å². The first-order chi connectivity index (χ1) is 9.16. The van der Waals surface area contributed by atoms with E-state index >= 15 is 0 Å². The molecule has 4 nitrogen and oxygen atoms in total. The van der Waals surface area contributed by atoms with Crippen LogP contribution in [-0.2, 0) is 13.0 Å². The van der Waals surface area contributed by atoms with Gasteiger partial charge in [-0.2, -0.15) is 0 Å². The maximum atomic E-state index is 11.1. The van der Waals surface area contributed by atoms with E-state index in [1.807, 2.05) is 31.2 Å². The van der Waals surface area contributed by atoms with E-state index in [-0.39, 0.29) is 5.91 Å². The van der Waals surface area contributed by atoms with Crippen LogP contribution in [0.25, 0.3) is 0 Å². The number of hydrogen-bond donors (Lipinski definition) is 2. The largest absolute Gasteiger partial charge is 0.469 e. The lowest BCUT2D eigenvalue weighted by molar-refractivity contribution is 0.1000. The summed E-state index contributed by atoms with van der Waals surface area (Å²) in [6, 6.07) is 9.39. The van der Waals surface area contributed by atoms with Gasteiger partial charge < -0.3 is 15.5 Å². The van der Waals surface area contributed by atoms with Crippen LogP contribution in [0, 0.1) is 6.92 Å². The van der Waals surface area contributed by atoms with Crippen molar-refractivity contribution in [2.24, 2.45) is 5.73 Å². The van der Waals surface area contributed by atoms with Crippen LogP contribution >= 0.6 is 0 Å². The van der Waals surface area contributed by atoms with Gasteiger partial charge in [0.2, 0.25) is 5.91 Å². The van der Waals surface area contributed by atoms with Gasteiger partial charge in [-0.15, -0.1) is 0 Å². The molecule has 1 aromatic carbocycles. The van der Waals surface area contributed by atoms with E-state index in [9.17, 15) is 4.79 Å². The highest BCUT2D eigenvalue weighted by atomic mass is 16.3. The number of carbonyl (C=O) groups is 1. The van der Waals surface area contributed by atoms with Crippen molar-refractivity contribution in [2.45, 2.75) is 19.9 Å². The monoisotopic (exact) mass is 258 g/mol. The van der Waals surface area contributed by atoms with E-state index in [4.69, 9.17) is 10.2 Å². The van der Waals surface area contributed by atoms with Crippen molar-refractivity contribution in [1.29, 1.82) is 0 Å². The normalized spacial score (nSPS) is 10.6. The molecule has 0 spiro atoms. The molecule has 1 heterocycles. The Morgan fingerprint density at radius 2 is 2.21 bits per heavy atom. The topological polar surface area (TPSA) is 68.3 Å². The molecule has 4 heteroatoms. The van der Waals surface area contributed by atoms with Gasteiger partial charge >= 0.3 is 0 Å². The Kier molecular flexibility index (Phi) is 4.36. The second kappa shape index (κ2) is 6.20. The zero-order valence-electron chi connectivity index (χ0n) is 11.0. The van der Waals surface area contributed by atoms with Gasteiger partial charge in [-0.25, -0.2) is 0 Å². The molecular formula is C15H18N2O2. The Morgan fingerprint density at radius 1 is 1.37 bits per heavy atom. The minimum atomic E-state index is -0.388. The first kappa shape index (κ1) is 13.4. The standard InChI is InChI=1S/C15H18N2O2/c1-11-9-12(15(16)18)4-5-13(11)10-17-7-6-14-3-2-8-19-14/h2-5,8-9,17H,6-7,10H2,1H3,(H2,16,18). The zero-order valence-corrected chi connectivity index (χ0v) is 11.0. The Labute approximate surface area is 112 Å². The Bertz CT molecular complexity index is 547. The molecule has 0 bridgehead atoms. The van der Waals surface area contributed by atoms with Crippen molar-refractivity contribution in [2.75, 3.05) is 6.54 Å². The smallest absolute Gasteiger partial charge is 0.248 e. The number of nitrogens with two attached hydrogens (primary N) is 1. The number of amides is 1. The number of carbonyl (C=O) groups excluding carboxylic acids is 1. The molecule has 1 aromatic heterocycles. The molecule has 0 aliphatic carbocycles. The third-order valence-electron chi connectivity index (χ3n) is 3.07. The van der Waals surface area contributed by atoms with Crippen molar-refractivity contribution in [3.63, 3.8) is 0 Å². The Morgan fingerprint density at radius 3 is 2.84 bits per heavy atom. The average molecular weight is 258 g/mol. The number of furan rings is 1. The molecule has 1 amide bonds. The predicted octanol–water partition coefficient (Wildman–Crippen LogP) is 2.02. The van der Waals surface area contributed by atoms with Crippen molar-refractivity contribution in [3.05, 3.63) is 59.0 Å². The predicted molar refractivity (Wildman–Crippen MR) is 73.8 cm³/mol. The summed E-state index contributed by atoms with van der Waals surface area (Å²) >= 11 is 0. The molecule has 100 valence electrons. The second-order valence-corrected chi connectivity index (χ2v) is 4.51. The maximum Gasteiger partial charge on any atom is 0.248 e. The summed E-state index contributed by atoms with van der Waals surface area (Å²) in [5, 5.41) is 3.35. The van der Waals surface area contributed by atoms with Gasteiger partial charge in [0.1, 0.15) is 5.76 Å². The van der Waals surface area contributed by atoms with Gasteiger partial charge in [-0.05, 0) is 42.3 Å². The van der Waals surface area contributed by atoms with Gasteiger partial charge in [-0.3, -0.25) is 4.79 Å². The first-order valence-corrected chi connectivity index (χ1v) is 6.29. The summed E-state index contributed by atoms with van der Waals surface area (Å²) < 4.78 is 5.26. The van der Waals surface area contributed by atoms with Crippen molar-refractivity contribution in [3.8, 4) is 0 Å². The molecule has 0 atom stereocenters. The molecule has 19 heavy (non-hydrogen) atoms. The van der Waals surface area contributed by atoms with Gasteiger partial charge in [0.25, 0.3) is 0 Å². The molecule has 0 fully saturated rings. The summed E-state index contributed by atoms with van der Waals surface area (Å²) in [5.74, 6) is 0.591. The molecule has 2 rings (SSSR count). The second-order valence-electron chi connectivity index (χ2n) is 4.51. The summed E-state index contributed by atoms with van der Waals surface area (Å²) in [6.07, 6.45) is 2.55. The third kappa shape index (κ3) is 3.69. The first-order valence-electron chi connectivity index (χ1n) is 6.29. The highest BCUT2D eigenvalue weighted by molar-refractivity contribution is 5.93. The van der Waals surface area contributed by atoms with E-state index in [2.05, 4.69) is 5.32 Å². The molecule has 0 unspecified atom stereocenters. The lowest BCUT2D eigenvalue weighted by Gasteiger charge is -2.08. The quantitative estimate of drug-likeness (QED) is 0.779. The Balaban J connectivity index is 1.84. The van der Waals surface area contributed by atoms with Crippen LogP contribution in [0.3, 0.4) is 0 Å². The fourth-order valence-corrected chi connectivity index (χ4v) is 1.94. The molecule has 0 saturated heterocycles. The molecule has 3 N–H and O–H groups in total. The minimum absolute atomic E-state index is 0.388. The molecule has 0 saturated carbocycles. The van der Waals surface area contributed by atoms with Gasteiger partial charge in [0.15, 0.2) is 0 Å². The number of aryl methyl sites for hydroxylation is 1. The van der Waals surface area contributed by atoms with Crippen molar-refractivity contribution in [1.82, 2.24) is 5.32 Å². The number of primary amides is 1. The van der Waals surface area contributed by atoms with E-state index in [1.54, 1.807) is 12.3 Å². The van der Waals surface area contributed by atoms with Crippen LogP contribution in [-0.4, -0.2) is 12.5 Å². The van der Waals surface area contributed by atoms with E-state index in [1.165, 1.54) is 5.56 Å². The lowest BCUT2D eigenvalue weighted by Crippen LogP contribution is -2.17. The van der Waals surface area contributed by atoms with Crippen molar-refractivity contribution < 1.29 is 9.21 Å². The van der Waals surface area contributed by atoms with Crippen LogP contribution in [0.2, 0.25) is 0 Å². The third-order valence-corrected chi connectivity index (χ3v) is 3.07. The summed E-state index contributed by atoms with van der Waals surface area (Å²) in [6.45, 7) is 3.60. The van der Waals surface area contributed by atoms with E-state index in [0.29, 0.717) is 5.56 Å². The number of hydrogen-bond acceptors (Lipinski definition) is 3. The number of nitrogens with one attached hydrogen (secondary N) is 1. The van der Waals surface area contributed by atoms with Crippen LogP contribution in [0.4, 0.5) is 0 Å². The molecule has 0 radical (unpaired) electrons. The van der Waals surface area contributed by atoms with E-state index in [0.717, 1.165) is 30.8 Å². The summed E-state index contributed by atoms with van der Waals surface area (Å²) in [5.41, 5.74) is 8.04. The maximum absolute atomic E-state index is 11.1. The fourth-order valence-electron chi connectivity index (χ4n) is 1.94. The highest BCUT2D eigenvalue weighted by Crippen LogP contribution is 2.10. The molecular weight excluding hydrogens is 240 g/mol. The van der Waals surface area contributed by atoms with Crippen LogP contribution < -0.4 is 11.1 Å². The SMILES string of the molecule is Cc1cc(C(N)=O)ccc1CNCCc1ccco1. The molecule has 0 aliphatic rings.